The second-order valence-corrected chi connectivity index (χ2v) is 16.1. The Hall–Kier alpha value is -1.72. The Morgan fingerprint density at radius 2 is 1.20 bits per heavy atom. The average Bonchev–Trinajstić information content (AvgIpc) is 3.16. The number of aliphatic hydroxyl groups excluding tert-OH is 5. The molecule has 0 aliphatic carbocycles. The third kappa shape index (κ3) is 25.6. The van der Waals surface area contributed by atoms with E-state index < -0.39 is 78.5 Å². The maximum atomic E-state index is 13.1. The summed E-state index contributed by atoms with van der Waals surface area (Å²) in [4.78, 5) is 13.1. The smallest absolute Gasteiger partial charge is 0.394 e. The molecule has 1 amide bonds. The number of unbranched alkanes of at least 4 members (excludes halogenated alkanes) is 18. The Labute approximate surface area is 337 Å². The number of amides is 1. The van der Waals surface area contributed by atoms with Crippen molar-refractivity contribution >= 4 is 16.3 Å². The number of hydrogen-bond acceptors (Lipinski definition) is 11. The number of carbonyl (C=O) groups excluding carboxylic acids is 1. The molecule has 13 nitrogen and oxygen atoms in total. The van der Waals surface area contributed by atoms with Crippen molar-refractivity contribution in [2.75, 3.05) is 13.2 Å². The molecule has 0 spiro atoms. The molecule has 1 rings (SSSR count). The van der Waals surface area contributed by atoms with Crippen molar-refractivity contribution in [3.63, 3.8) is 0 Å². The molecule has 0 radical (unpaired) electrons. The molecule has 1 aliphatic heterocycles. The highest BCUT2D eigenvalue weighted by atomic mass is 32.3. The van der Waals surface area contributed by atoms with Crippen LogP contribution in [-0.4, -0.2) is 107 Å². The Morgan fingerprint density at radius 1 is 0.714 bits per heavy atom. The fourth-order valence-corrected chi connectivity index (χ4v) is 7.06. The van der Waals surface area contributed by atoms with Crippen LogP contribution in [0, 0.1) is 0 Å². The zero-order valence-electron chi connectivity index (χ0n) is 34.3. The van der Waals surface area contributed by atoms with Gasteiger partial charge in [0.2, 0.25) is 5.91 Å². The van der Waals surface area contributed by atoms with Crippen LogP contribution < -0.4 is 5.32 Å². The Morgan fingerprint density at radius 3 is 1.71 bits per heavy atom. The fourth-order valence-electron chi connectivity index (χ4n) is 6.55. The first-order chi connectivity index (χ1) is 26.9. The number of ether oxygens (including phenoxy) is 2. The molecule has 7 N–H and O–H groups in total. The van der Waals surface area contributed by atoms with Crippen LogP contribution in [0.1, 0.15) is 162 Å². The summed E-state index contributed by atoms with van der Waals surface area (Å²) in [6, 6.07) is -1.14. The van der Waals surface area contributed by atoms with Gasteiger partial charge in [-0.2, -0.15) is 8.42 Å². The molecule has 0 bridgehead atoms. The molecule has 56 heavy (non-hydrogen) atoms. The average molecular weight is 820 g/mol. The summed E-state index contributed by atoms with van der Waals surface area (Å²) in [5.41, 5.74) is 0. The van der Waals surface area contributed by atoms with Crippen molar-refractivity contribution < 1.29 is 57.0 Å². The highest BCUT2D eigenvalue weighted by molar-refractivity contribution is 7.80. The van der Waals surface area contributed by atoms with Gasteiger partial charge in [0.25, 0.3) is 0 Å². The SMILES string of the molecule is CCCCC/C=C/CC/C=C/CC/C=C/C(O)C(COC1OC(CO)C(O)C(OS(=O)(=O)O)C1O)NC(=O)C(O)CCCCCCCCCCCCCCCC. The van der Waals surface area contributed by atoms with E-state index in [2.05, 4.69) is 47.7 Å². The molecular weight excluding hydrogens is 743 g/mol. The maximum absolute atomic E-state index is 13.1. The summed E-state index contributed by atoms with van der Waals surface area (Å²) >= 11 is 0. The molecule has 1 fully saturated rings. The van der Waals surface area contributed by atoms with E-state index >= 15 is 0 Å². The lowest BCUT2D eigenvalue weighted by molar-refractivity contribution is -0.298. The third-order valence-electron chi connectivity index (χ3n) is 10.0. The van der Waals surface area contributed by atoms with Crippen LogP contribution in [-0.2, 0) is 28.9 Å². The number of nitrogens with one attached hydrogen (secondary N) is 1. The van der Waals surface area contributed by atoms with E-state index in [9.17, 15) is 38.7 Å². The second kappa shape index (κ2) is 33.1. The fraction of sp³-hybridized carbons (Fsp3) is 0.833. The first-order valence-electron chi connectivity index (χ1n) is 21.5. The number of allylic oxidation sites excluding steroid dienone is 5. The molecule has 8 unspecified atom stereocenters. The van der Waals surface area contributed by atoms with Gasteiger partial charge >= 0.3 is 10.4 Å². The Balaban J connectivity index is 2.67. The summed E-state index contributed by atoms with van der Waals surface area (Å²) in [6.45, 7) is 3.13. The predicted molar refractivity (Wildman–Crippen MR) is 219 cm³/mol. The van der Waals surface area contributed by atoms with E-state index in [1.165, 1.54) is 89.5 Å². The Kier molecular flexibility index (Phi) is 31.0. The quantitative estimate of drug-likeness (QED) is 0.0207. The highest BCUT2D eigenvalue weighted by Gasteiger charge is 2.48. The molecule has 0 aromatic rings. The number of rotatable bonds is 35. The topological polar surface area (TPSA) is 212 Å². The summed E-state index contributed by atoms with van der Waals surface area (Å²) in [7, 11) is -5.12. The lowest BCUT2D eigenvalue weighted by atomic mass is 9.99. The van der Waals surface area contributed by atoms with Crippen molar-refractivity contribution in [1.82, 2.24) is 5.32 Å². The van der Waals surface area contributed by atoms with Gasteiger partial charge in [-0.25, -0.2) is 4.18 Å². The van der Waals surface area contributed by atoms with E-state index in [4.69, 9.17) is 14.0 Å². The van der Waals surface area contributed by atoms with Crippen molar-refractivity contribution in [2.24, 2.45) is 0 Å². The van der Waals surface area contributed by atoms with E-state index in [0.29, 0.717) is 12.8 Å². The standard InChI is InChI=1S/C42H77NO12S/c1-3-5-7-9-11-13-15-17-19-21-23-25-27-29-31-36(46)41(49)43-34(35(45)30-28-26-24-22-20-18-16-14-12-10-8-6-4-2)33-53-42-39(48)40(55-56(50,51)52)38(47)37(32-44)54-42/h12,14,20,22,28,30,34-40,42,44-48H,3-11,13,15-19,21,23-27,29,31-33H2,1-2H3,(H,43,49)(H,50,51,52)/b14-12+,22-20+,30-28+. The van der Waals surface area contributed by atoms with Crippen molar-refractivity contribution in [1.29, 1.82) is 0 Å². The van der Waals surface area contributed by atoms with Gasteiger partial charge in [0, 0.05) is 0 Å². The molecule has 1 saturated heterocycles. The summed E-state index contributed by atoms with van der Waals surface area (Å²) in [6.07, 6.45) is 25.2. The van der Waals surface area contributed by atoms with Crippen molar-refractivity contribution in [3.05, 3.63) is 36.5 Å². The van der Waals surface area contributed by atoms with Gasteiger partial charge in [-0.15, -0.1) is 0 Å². The van der Waals surface area contributed by atoms with E-state index in [1.807, 2.05) is 0 Å². The number of carbonyl (C=O) groups is 1. The van der Waals surface area contributed by atoms with Crippen molar-refractivity contribution in [2.45, 2.75) is 210 Å². The second-order valence-electron chi connectivity index (χ2n) is 15.1. The highest BCUT2D eigenvalue weighted by Crippen LogP contribution is 2.26. The lowest BCUT2D eigenvalue weighted by Crippen LogP contribution is -2.61. The third-order valence-corrected chi connectivity index (χ3v) is 10.5. The van der Waals surface area contributed by atoms with Crippen molar-refractivity contribution in [3.8, 4) is 0 Å². The van der Waals surface area contributed by atoms with Gasteiger partial charge in [-0.05, 0) is 44.9 Å². The summed E-state index contributed by atoms with van der Waals surface area (Å²) in [5.74, 6) is -0.718. The van der Waals surface area contributed by atoms with Gasteiger partial charge < -0.3 is 40.3 Å². The first-order valence-corrected chi connectivity index (χ1v) is 22.8. The monoisotopic (exact) mass is 820 g/mol. The molecule has 1 aliphatic rings. The molecule has 0 saturated carbocycles. The van der Waals surface area contributed by atoms with E-state index in [0.717, 1.165) is 44.9 Å². The van der Waals surface area contributed by atoms with Crippen LogP contribution in [0.2, 0.25) is 0 Å². The van der Waals surface area contributed by atoms with E-state index in [-0.39, 0.29) is 6.42 Å². The molecule has 8 atom stereocenters. The largest absolute Gasteiger partial charge is 0.397 e. The first kappa shape index (κ1) is 52.3. The van der Waals surface area contributed by atoms with Crippen LogP contribution in [0.25, 0.3) is 0 Å². The van der Waals surface area contributed by atoms with Gasteiger partial charge in [0.1, 0.15) is 30.5 Å². The van der Waals surface area contributed by atoms with Crippen LogP contribution in [0.3, 0.4) is 0 Å². The molecular formula is C42H77NO12S. The maximum Gasteiger partial charge on any atom is 0.397 e. The van der Waals surface area contributed by atoms with Crippen LogP contribution in [0.15, 0.2) is 36.5 Å². The lowest BCUT2D eigenvalue weighted by Gasteiger charge is -2.41. The zero-order valence-corrected chi connectivity index (χ0v) is 35.1. The molecule has 328 valence electrons. The van der Waals surface area contributed by atoms with Gasteiger partial charge in [-0.3, -0.25) is 9.35 Å². The van der Waals surface area contributed by atoms with Crippen LogP contribution >= 0.6 is 0 Å². The van der Waals surface area contributed by atoms with Gasteiger partial charge in [-0.1, -0.05) is 153 Å². The predicted octanol–water partition coefficient (Wildman–Crippen LogP) is 6.52. The van der Waals surface area contributed by atoms with Gasteiger partial charge in [0.15, 0.2) is 6.29 Å². The number of hydrogen-bond donors (Lipinski definition) is 7. The van der Waals surface area contributed by atoms with Crippen LogP contribution in [0.5, 0.6) is 0 Å². The minimum atomic E-state index is -5.12. The zero-order chi connectivity index (χ0) is 41.4. The van der Waals surface area contributed by atoms with E-state index in [1.54, 1.807) is 6.08 Å². The van der Waals surface area contributed by atoms with Crippen LogP contribution in [0.4, 0.5) is 0 Å². The Bertz CT molecular complexity index is 1170. The molecule has 0 aromatic carbocycles. The number of aliphatic hydroxyl groups is 5. The van der Waals surface area contributed by atoms with Gasteiger partial charge in [0.05, 0.1) is 25.4 Å². The normalized spacial score (nSPS) is 22.3. The molecule has 1 heterocycles. The minimum absolute atomic E-state index is 0.236. The molecule has 0 aromatic heterocycles. The minimum Gasteiger partial charge on any atom is -0.394 e. The summed E-state index contributed by atoms with van der Waals surface area (Å²) in [5, 5.41) is 55.0. The molecule has 14 heteroatoms. The summed E-state index contributed by atoms with van der Waals surface area (Å²) < 4.78 is 47.3.